The molecule has 0 aliphatic heterocycles. The first-order chi connectivity index (χ1) is 14.7. The number of fused-ring (bicyclic) bond motifs is 4. The molecule has 0 aromatic heterocycles. The first-order valence-electron chi connectivity index (χ1n) is 11.4. The summed E-state index contributed by atoms with van der Waals surface area (Å²) in [7, 11) is 1.53. The van der Waals surface area contributed by atoms with Crippen molar-refractivity contribution in [2.75, 3.05) is 7.05 Å². The van der Waals surface area contributed by atoms with Crippen LogP contribution >= 0.6 is 0 Å². The predicted octanol–water partition coefficient (Wildman–Crippen LogP) is 0.529. The van der Waals surface area contributed by atoms with E-state index in [0.29, 0.717) is 24.7 Å². The van der Waals surface area contributed by atoms with Gasteiger partial charge in [-0.05, 0) is 75.7 Å². The van der Waals surface area contributed by atoms with Crippen molar-refractivity contribution in [1.82, 2.24) is 5.32 Å². The standard InChI is InChI=1S/C22H33N3O6/c1-25-16(18(27)31-20(29)22(24)11-13-3-5-15(22)9-13)6-7-17(26)30-19(28)21(23)10-12-2-4-14(21)8-12/h12-16,25H,2-11,23-24H2,1H3/t12?,13?,14?,15?,16-,21?,22?/m0/s1. The second-order valence-electron chi connectivity index (χ2n) is 10.1. The van der Waals surface area contributed by atoms with Gasteiger partial charge >= 0.3 is 23.9 Å². The van der Waals surface area contributed by atoms with Crippen LogP contribution in [-0.4, -0.2) is 48.0 Å². The summed E-state index contributed by atoms with van der Waals surface area (Å²) in [5.41, 5.74) is 10.4. The van der Waals surface area contributed by atoms with Gasteiger partial charge in [0, 0.05) is 6.42 Å². The monoisotopic (exact) mass is 435 g/mol. The highest BCUT2D eigenvalue weighted by molar-refractivity contribution is 5.94. The molecular formula is C22H33N3O6. The lowest BCUT2D eigenvalue weighted by molar-refractivity contribution is -0.166. The highest BCUT2D eigenvalue weighted by atomic mass is 16.6. The molecule has 4 aliphatic rings. The lowest BCUT2D eigenvalue weighted by atomic mass is 9.82. The summed E-state index contributed by atoms with van der Waals surface area (Å²) in [5, 5.41) is 2.75. The van der Waals surface area contributed by atoms with Crippen molar-refractivity contribution in [3.8, 4) is 0 Å². The number of carbonyl (C=O) groups is 4. The van der Waals surface area contributed by atoms with E-state index < -0.39 is 41.0 Å². The maximum absolute atomic E-state index is 12.6. The normalized spacial score (nSPS) is 38.8. The minimum atomic E-state index is -1.10. The quantitative estimate of drug-likeness (QED) is 0.384. The lowest BCUT2D eigenvalue weighted by Gasteiger charge is -2.31. The van der Waals surface area contributed by atoms with Gasteiger partial charge in [0.05, 0.1) is 0 Å². The molecule has 31 heavy (non-hydrogen) atoms. The number of hydrogen-bond donors (Lipinski definition) is 3. The Morgan fingerprint density at radius 1 is 0.903 bits per heavy atom. The van der Waals surface area contributed by atoms with Gasteiger partial charge in [0.15, 0.2) is 0 Å². The fourth-order valence-electron chi connectivity index (χ4n) is 6.39. The van der Waals surface area contributed by atoms with E-state index in [1.807, 2.05) is 0 Å². The molecule has 4 saturated carbocycles. The van der Waals surface area contributed by atoms with Gasteiger partial charge in [-0.25, -0.2) is 14.4 Å². The molecule has 4 fully saturated rings. The van der Waals surface area contributed by atoms with Crippen LogP contribution in [0.5, 0.6) is 0 Å². The summed E-state index contributed by atoms with van der Waals surface area (Å²) in [5.74, 6) is -1.90. The zero-order chi connectivity index (χ0) is 22.4. The van der Waals surface area contributed by atoms with Crippen LogP contribution in [0.3, 0.4) is 0 Å². The molecule has 0 aromatic carbocycles. The summed E-state index contributed by atoms with van der Waals surface area (Å²) in [4.78, 5) is 49.7. The van der Waals surface area contributed by atoms with Crippen LogP contribution < -0.4 is 16.8 Å². The Bertz CT molecular complexity index is 787. The van der Waals surface area contributed by atoms with Crippen molar-refractivity contribution in [2.45, 2.75) is 81.3 Å². The molecule has 4 rings (SSSR count). The number of carbonyl (C=O) groups excluding carboxylic acids is 4. The molecule has 0 aromatic rings. The minimum absolute atomic E-state index is 0.0297. The zero-order valence-electron chi connectivity index (χ0n) is 18.1. The van der Waals surface area contributed by atoms with E-state index in [4.69, 9.17) is 20.9 Å². The summed E-state index contributed by atoms with van der Waals surface area (Å²) < 4.78 is 10.1. The molecule has 4 bridgehead atoms. The van der Waals surface area contributed by atoms with Crippen molar-refractivity contribution >= 4 is 23.9 Å². The van der Waals surface area contributed by atoms with Crippen LogP contribution in [0.25, 0.3) is 0 Å². The number of hydrogen-bond acceptors (Lipinski definition) is 9. The van der Waals surface area contributed by atoms with Crippen LogP contribution in [-0.2, 0) is 28.7 Å². The van der Waals surface area contributed by atoms with Crippen LogP contribution in [0.15, 0.2) is 0 Å². The lowest BCUT2D eigenvalue weighted by Crippen LogP contribution is -2.54. The van der Waals surface area contributed by atoms with Gasteiger partial charge in [-0.1, -0.05) is 12.8 Å². The van der Waals surface area contributed by atoms with Crippen molar-refractivity contribution in [1.29, 1.82) is 0 Å². The number of rotatable bonds is 7. The molecule has 0 spiro atoms. The Kier molecular flexibility index (Phi) is 5.95. The van der Waals surface area contributed by atoms with Gasteiger partial charge in [-0.15, -0.1) is 0 Å². The second-order valence-corrected chi connectivity index (χ2v) is 10.1. The Morgan fingerprint density at radius 2 is 1.42 bits per heavy atom. The van der Waals surface area contributed by atoms with Crippen LogP contribution in [0.4, 0.5) is 0 Å². The van der Waals surface area contributed by atoms with E-state index in [-0.39, 0.29) is 24.7 Å². The Balaban J connectivity index is 1.25. The topological polar surface area (TPSA) is 151 Å². The van der Waals surface area contributed by atoms with Crippen molar-refractivity contribution in [3.63, 3.8) is 0 Å². The summed E-state index contributed by atoms with van der Waals surface area (Å²) >= 11 is 0. The van der Waals surface area contributed by atoms with Gasteiger partial charge in [-0.2, -0.15) is 0 Å². The van der Waals surface area contributed by atoms with Crippen LogP contribution in [0.1, 0.15) is 64.2 Å². The van der Waals surface area contributed by atoms with Crippen LogP contribution in [0, 0.1) is 23.7 Å². The third-order valence-electron chi connectivity index (χ3n) is 8.22. The summed E-state index contributed by atoms with van der Waals surface area (Å²) in [6, 6.07) is -0.886. The summed E-state index contributed by atoms with van der Waals surface area (Å²) in [6.07, 6.45) is 6.67. The van der Waals surface area contributed by atoms with E-state index in [1.165, 1.54) is 7.05 Å². The average Bonchev–Trinajstić information content (AvgIpc) is 3.49. The fourth-order valence-corrected chi connectivity index (χ4v) is 6.39. The highest BCUT2D eigenvalue weighted by Gasteiger charge is 2.55. The van der Waals surface area contributed by atoms with Gasteiger partial charge in [0.1, 0.15) is 17.1 Å². The summed E-state index contributed by atoms with van der Waals surface area (Å²) in [6.45, 7) is 0. The molecule has 9 heteroatoms. The molecule has 5 N–H and O–H groups in total. The number of likely N-dealkylation sites (N-methyl/N-ethyl adjacent to an activating group) is 1. The SMILES string of the molecule is CN[C@@H](CCC(=O)OC(=O)C1(N)CC2CCC1C2)C(=O)OC(=O)C1(N)CC2CCC1C2. The molecule has 0 saturated heterocycles. The Morgan fingerprint density at radius 3 is 1.84 bits per heavy atom. The van der Waals surface area contributed by atoms with E-state index in [0.717, 1.165) is 38.5 Å². The number of esters is 4. The van der Waals surface area contributed by atoms with Crippen molar-refractivity contribution < 1.29 is 28.7 Å². The largest absolute Gasteiger partial charge is 0.392 e. The third kappa shape index (κ3) is 4.03. The number of nitrogens with one attached hydrogen (secondary N) is 1. The highest BCUT2D eigenvalue weighted by Crippen LogP contribution is 2.50. The second kappa shape index (κ2) is 8.26. The molecule has 172 valence electrons. The van der Waals surface area contributed by atoms with Gasteiger partial charge in [0.25, 0.3) is 0 Å². The first-order valence-corrected chi connectivity index (χ1v) is 11.4. The molecule has 0 heterocycles. The fraction of sp³-hybridized carbons (Fsp3) is 0.818. The average molecular weight is 436 g/mol. The van der Waals surface area contributed by atoms with Gasteiger partial charge < -0.3 is 26.3 Å². The van der Waals surface area contributed by atoms with E-state index >= 15 is 0 Å². The maximum atomic E-state index is 12.6. The smallest absolute Gasteiger partial charge is 0.334 e. The molecule has 9 nitrogen and oxygen atoms in total. The van der Waals surface area contributed by atoms with E-state index in [2.05, 4.69) is 5.32 Å². The first kappa shape index (κ1) is 22.4. The Hall–Kier alpha value is -1.84. The molecule has 0 radical (unpaired) electrons. The van der Waals surface area contributed by atoms with Gasteiger partial charge in [0.2, 0.25) is 0 Å². The zero-order valence-corrected chi connectivity index (χ0v) is 18.1. The van der Waals surface area contributed by atoms with E-state index in [1.54, 1.807) is 0 Å². The molecular weight excluding hydrogens is 402 g/mol. The number of ether oxygens (including phenoxy) is 2. The van der Waals surface area contributed by atoms with Gasteiger partial charge in [-0.3, -0.25) is 4.79 Å². The van der Waals surface area contributed by atoms with Crippen molar-refractivity contribution in [3.05, 3.63) is 0 Å². The molecule has 7 atom stereocenters. The minimum Gasteiger partial charge on any atom is -0.392 e. The maximum Gasteiger partial charge on any atom is 0.334 e. The molecule has 0 amide bonds. The molecule has 6 unspecified atom stereocenters. The van der Waals surface area contributed by atoms with Crippen molar-refractivity contribution in [2.24, 2.45) is 35.1 Å². The Labute approximate surface area is 181 Å². The molecule has 4 aliphatic carbocycles. The third-order valence-corrected chi connectivity index (χ3v) is 8.22. The number of nitrogens with two attached hydrogens (primary N) is 2. The predicted molar refractivity (Wildman–Crippen MR) is 109 cm³/mol. The van der Waals surface area contributed by atoms with E-state index in [9.17, 15) is 19.2 Å². The van der Waals surface area contributed by atoms with Crippen LogP contribution in [0.2, 0.25) is 0 Å².